The van der Waals surface area contributed by atoms with Gasteiger partial charge in [0.1, 0.15) is 10.7 Å². The average molecular weight is 348 g/mol. The lowest BCUT2D eigenvalue weighted by atomic mass is 10.0. The Labute approximate surface area is 144 Å². The van der Waals surface area contributed by atoms with Crippen LogP contribution in [0.15, 0.2) is 47.5 Å². The molecule has 0 aliphatic rings. The van der Waals surface area contributed by atoms with Crippen molar-refractivity contribution in [3.63, 3.8) is 0 Å². The van der Waals surface area contributed by atoms with E-state index in [0.717, 1.165) is 0 Å². The van der Waals surface area contributed by atoms with E-state index in [0.29, 0.717) is 12.4 Å². The zero-order valence-corrected chi connectivity index (χ0v) is 15.3. The molecule has 1 aromatic carbocycles. The molecule has 1 heterocycles. The van der Waals surface area contributed by atoms with Crippen LogP contribution in [0.2, 0.25) is 0 Å². The lowest BCUT2D eigenvalue weighted by Gasteiger charge is -2.25. The summed E-state index contributed by atoms with van der Waals surface area (Å²) in [6, 6.07) is 11.8. The van der Waals surface area contributed by atoms with Crippen LogP contribution in [0.4, 0.5) is 5.82 Å². The Balaban J connectivity index is 2.08. The van der Waals surface area contributed by atoms with E-state index in [1.165, 1.54) is 30.4 Å². The SMILES string of the molecule is CNS(=O)(=O)c1ccc(NCC(c2ccc(C)cc2)N(C)C)nc1. The summed E-state index contributed by atoms with van der Waals surface area (Å²) in [4.78, 5) is 6.47. The topological polar surface area (TPSA) is 74.3 Å². The van der Waals surface area contributed by atoms with Crippen molar-refractivity contribution in [3.8, 4) is 0 Å². The van der Waals surface area contributed by atoms with Crippen LogP contribution in [0.5, 0.6) is 0 Å². The first-order chi connectivity index (χ1) is 11.3. The second-order valence-corrected chi connectivity index (χ2v) is 7.74. The molecule has 0 aliphatic carbocycles. The summed E-state index contributed by atoms with van der Waals surface area (Å²) in [5.41, 5.74) is 2.44. The second-order valence-electron chi connectivity index (χ2n) is 5.86. The Morgan fingerprint density at radius 3 is 2.29 bits per heavy atom. The number of aryl methyl sites for hydroxylation is 1. The maximum atomic E-state index is 11.7. The van der Waals surface area contributed by atoms with Gasteiger partial charge in [-0.05, 0) is 45.8 Å². The standard InChI is InChI=1S/C17H24N4O2S/c1-13-5-7-14(8-6-13)16(21(3)4)12-20-17-10-9-15(11-19-17)24(22,23)18-2/h5-11,16,18H,12H2,1-4H3,(H,19,20). The number of nitrogens with one attached hydrogen (secondary N) is 2. The van der Waals surface area contributed by atoms with Gasteiger partial charge in [-0.1, -0.05) is 29.8 Å². The predicted molar refractivity (Wildman–Crippen MR) is 96.6 cm³/mol. The summed E-state index contributed by atoms with van der Waals surface area (Å²) >= 11 is 0. The molecule has 1 atom stereocenters. The molecule has 0 saturated carbocycles. The predicted octanol–water partition coefficient (Wildman–Crippen LogP) is 2.01. The van der Waals surface area contributed by atoms with E-state index in [-0.39, 0.29) is 10.9 Å². The smallest absolute Gasteiger partial charge is 0.241 e. The fraction of sp³-hybridized carbons (Fsp3) is 0.353. The van der Waals surface area contributed by atoms with E-state index < -0.39 is 10.0 Å². The largest absolute Gasteiger partial charge is 0.368 e. The Bertz CT molecular complexity index is 756. The minimum absolute atomic E-state index is 0.151. The van der Waals surface area contributed by atoms with Crippen LogP contribution in [-0.2, 0) is 10.0 Å². The molecule has 0 bridgehead atoms. The molecule has 2 rings (SSSR count). The number of sulfonamides is 1. The van der Waals surface area contributed by atoms with Crippen molar-refractivity contribution in [2.24, 2.45) is 0 Å². The van der Waals surface area contributed by atoms with Crippen molar-refractivity contribution in [1.29, 1.82) is 0 Å². The van der Waals surface area contributed by atoms with Crippen LogP contribution >= 0.6 is 0 Å². The van der Waals surface area contributed by atoms with E-state index in [1.54, 1.807) is 6.07 Å². The van der Waals surface area contributed by atoms with Crippen molar-refractivity contribution in [2.75, 3.05) is 33.0 Å². The number of pyridine rings is 1. The van der Waals surface area contributed by atoms with E-state index in [4.69, 9.17) is 0 Å². The Morgan fingerprint density at radius 2 is 1.79 bits per heavy atom. The van der Waals surface area contributed by atoms with Crippen LogP contribution in [0.3, 0.4) is 0 Å². The van der Waals surface area contributed by atoms with E-state index in [2.05, 4.69) is 51.1 Å². The van der Waals surface area contributed by atoms with Gasteiger partial charge in [-0.3, -0.25) is 0 Å². The minimum Gasteiger partial charge on any atom is -0.368 e. The first kappa shape index (κ1) is 18.4. The van der Waals surface area contributed by atoms with E-state index in [1.807, 2.05) is 14.1 Å². The fourth-order valence-electron chi connectivity index (χ4n) is 2.35. The van der Waals surface area contributed by atoms with Gasteiger partial charge in [-0.2, -0.15) is 0 Å². The zero-order valence-electron chi connectivity index (χ0n) is 14.4. The Hall–Kier alpha value is -1.96. The van der Waals surface area contributed by atoms with Gasteiger partial charge in [0, 0.05) is 12.7 Å². The molecule has 6 nitrogen and oxygen atoms in total. The molecule has 130 valence electrons. The van der Waals surface area contributed by atoms with Crippen LogP contribution < -0.4 is 10.0 Å². The highest BCUT2D eigenvalue weighted by Gasteiger charge is 2.15. The van der Waals surface area contributed by atoms with Gasteiger partial charge in [-0.15, -0.1) is 0 Å². The van der Waals surface area contributed by atoms with Crippen molar-refractivity contribution in [2.45, 2.75) is 17.9 Å². The molecule has 0 aliphatic heterocycles. The maximum Gasteiger partial charge on any atom is 0.241 e. The summed E-state index contributed by atoms with van der Waals surface area (Å²) in [7, 11) is 1.98. The molecule has 0 fully saturated rings. The summed E-state index contributed by atoms with van der Waals surface area (Å²) in [5, 5.41) is 3.27. The number of hydrogen-bond donors (Lipinski definition) is 2. The van der Waals surface area contributed by atoms with Crippen LogP contribution in [0.25, 0.3) is 0 Å². The maximum absolute atomic E-state index is 11.7. The summed E-state index contributed by atoms with van der Waals surface area (Å²) in [6.45, 7) is 2.73. The molecule has 2 aromatic rings. The number of benzene rings is 1. The summed E-state index contributed by atoms with van der Waals surface area (Å²) in [6.07, 6.45) is 1.35. The number of likely N-dealkylation sites (N-methyl/N-ethyl adjacent to an activating group) is 1. The zero-order chi connectivity index (χ0) is 17.7. The van der Waals surface area contributed by atoms with Gasteiger partial charge in [0.05, 0.1) is 6.04 Å². The molecule has 7 heteroatoms. The third-order valence-electron chi connectivity index (χ3n) is 3.88. The van der Waals surface area contributed by atoms with Crippen molar-refractivity contribution in [3.05, 3.63) is 53.7 Å². The number of hydrogen-bond acceptors (Lipinski definition) is 5. The third kappa shape index (κ3) is 4.53. The molecular weight excluding hydrogens is 324 g/mol. The summed E-state index contributed by atoms with van der Waals surface area (Å²) < 4.78 is 25.7. The van der Waals surface area contributed by atoms with Crippen molar-refractivity contribution >= 4 is 15.8 Å². The lowest BCUT2D eigenvalue weighted by molar-refractivity contribution is 0.311. The van der Waals surface area contributed by atoms with Gasteiger partial charge >= 0.3 is 0 Å². The molecule has 0 saturated heterocycles. The first-order valence-electron chi connectivity index (χ1n) is 7.70. The summed E-state index contributed by atoms with van der Waals surface area (Å²) in [5.74, 6) is 0.643. The van der Waals surface area contributed by atoms with Gasteiger partial charge in [0.15, 0.2) is 0 Å². The third-order valence-corrected chi connectivity index (χ3v) is 5.28. The molecule has 2 N–H and O–H groups in total. The van der Waals surface area contributed by atoms with Crippen LogP contribution in [0.1, 0.15) is 17.2 Å². The Kier molecular flexibility index (Phi) is 5.93. The highest BCUT2D eigenvalue weighted by molar-refractivity contribution is 7.89. The fourth-order valence-corrected chi connectivity index (χ4v) is 3.02. The monoisotopic (exact) mass is 348 g/mol. The highest BCUT2D eigenvalue weighted by Crippen LogP contribution is 2.19. The van der Waals surface area contributed by atoms with Crippen molar-refractivity contribution in [1.82, 2.24) is 14.6 Å². The van der Waals surface area contributed by atoms with Gasteiger partial charge in [0.25, 0.3) is 0 Å². The molecule has 1 aromatic heterocycles. The minimum atomic E-state index is -3.46. The van der Waals surface area contributed by atoms with Gasteiger partial charge in [-0.25, -0.2) is 18.1 Å². The van der Waals surface area contributed by atoms with Crippen molar-refractivity contribution < 1.29 is 8.42 Å². The van der Waals surface area contributed by atoms with E-state index >= 15 is 0 Å². The van der Waals surface area contributed by atoms with E-state index in [9.17, 15) is 8.42 Å². The normalized spacial score (nSPS) is 13.0. The molecule has 0 radical (unpaired) electrons. The number of nitrogens with zero attached hydrogens (tertiary/aromatic N) is 2. The quantitative estimate of drug-likeness (QED) is 0.801. The van der Waals surface area contributed by atoms with Crippen LogP contribution in [-0.4, -0.2) is 46.0 Å². The molecular formula is C17H24N4O2S. The number of anilines is 1. The number of rotatable bonds is 7. The molecule has 0 amide bonds. The number of aromatic nitrogens is 1. The average Bonchev–Trinajstić information content (AvgIpc) is 2.57. The van der Waals surface area contributed by atoms with Gasteiger partial charge < -0.3 is 10.2 Å². The lowest BCUT2D eigenvalue weighted by Crippen LogP contribution is -2.27. The Morgan fingerprint density at radius 1 is 1.12 bits per heavy atom. The molecule has 24 heavy (non-hydrogen) atoms. The highest BCUT2D eigenvalue weighted by atomic mass is 32.2. The first-order valence-corrected chi connectivity index (χ1v) is 9.18. The second kappa shape index (κ2) is 7.74. The molecule has 0 spiro atoms. The van der Waals surface area contributed by atoms with Gasteiger partial charge in [0.2, 0.25) is 10.0 Å². The van der Waals surface area contributed by atoms with Crippen LogP contribution in [0, 0.1) is 6.92 Å². The molecule has 1 unspecified atom stereocenters.